The van der Waals surface area contributed by atoms with Crippen LogP contribution in [0.15, 0.2) is 48.5 Å². The minimum Gasteiger partial charge on any atom is -0.325 e. The summed E-state index contributed by atoms with van der Waals surface area (Å²) in [6.07, 6.45) is -4.36. The Kier molecular flexibility index (Phi) is 5.62. The average Bonchev–Trinajstić information content (AvgIpc) is 2.49. The predicted octanol–water partition coefficient (Wildman–Crippen LogP) is 4.08. The molecule has 6 heteroatoms. The van der Waals surface area contributed by atoms with Gasteiger partial charge >= 0.3 is 6.18 Å². The number of likely N-dealkylation sites (N-methyl/N-ethyl adjacent to an activating group) is 1. The van der Waals surface area contributed by atoms with Gasteiger partial charge in [0.2, 0.25) is 5.91 Å². The highest BCUT2D eigenvalue weighted by molar-refractivity contribution is 5.92. The first-order valence-corrected chi connectivity index (χ1v) is 7.45. The molecular formula is C18H19F3N2O. The van der Waals surface area contributed by atoms with Gasteiger partial charge in [-0.05, 0) is 37.7 Å². The quantitative estimate of drug-likeness (QED) is 0.892. The summed E-state index contributed by atoms with van der Waals surface area (Å²) in [5, 5.41) is 2.76. The molecule has 0 radical (unpaired) electrons. The van der Waals surface area contributed by atoms with E-state index in [0.29, 0.717) is 11.3 Å². The first-order valence-electron chi connectivity index (χ1n) is 7.45. The Bertz CT molecular complexity index is 696. The number of aryl methyl sites for hydroxylation is 1. The lowest BCUT2D eigenvalue weighted by Crippen LogP contribution is -2.29. The van der Waals surface area contributed by atoms with Crippen molar-refractivity contribution in [3.05, 3.63) is 65.2 Å². The summed E-state index contributed by atoms with van der Waals surface area (Å²) >= 11 is 0. The third kappa shape index (κ3) is 5.38. The normalized spacial score (nSPS) is 11.6. The fourth-order valence-corrected chi connectivity index (χ4v) is 2.30. The van der Waals surface area contributed by atoms with Gasteiger partial charge in [-0.1, -0.05) is 35.9 Å². The third-order valence-corrected chi connectivity index (χ3v) is 3.46. The van der Waals surface area contributed by atoms with E-state index in [1.807, 2.05) is 19.1 Å². The number of anilines is 1. The summed E-state index contributed by atoms with van der Waals surface area (Å²) in [7, 11) is 1.69. The molecule has 0 heterocycles. The summed E-state index contributed by atoms with van der Waals surface area (Å²) in [4.78, 5) is 13.7. The monoisotopic (exact) mass is 336 g/mol. The number of carbonyl (C=O) groups is 1. The SMILES string of the molecule is Cc1ccc(NC(=O)CN(C)Cc2cccc(C(F)(F)F)c2)cc1. The highest BCUT2D eigenvalue weighted by atomic mass is 19.4. The molecule has 0 aromatic heterocycles. The van der Waals surface area contributed by atoms with Gasteiger partial charge in [-0.25, -0.2) is 0 Å². The van der Waals surface area contributed by atoms with E-state index in [4.69, 9.17) is 0 Å². The van der Waals surface area contributed by atoms with Crippen LogP contribution in [0.2, 0.25) is 0 Å². The van der Waals surface area contributed by atoms with Gasteiger partial charge in [0.15, 0.2) is 0 Å². The van der Waals surface area contributed by atoms with Gasteiger partial charge in [-0.15, -0.1) is 0 Å². The number of hydrogen-bond donors (Lipinski definition) is 1. The zero-order valence-corrected chi connectivity index (χ0v) is 13.5. The molecule has 24 heavy (non-hydrogen) atoms. The molecule has 0 bridgehead atoms. The van der Waals surface area contributed by atoms with Crippen LogP contribution in [0.4, 0.5) is 18.9 Å². The van der Waals surface area contributed by atoms with Crippen LogP contribution in [0.3, 0.4) is 0 Å². The molecule has 128 valence electrons. The molecule has 0 aliphatic rings. The molecule has 0 aliphatic carbocycles. The van der Waals surface area contributed by atoms with Crippen molar-refractivity contribution in [2.24, 2.45) is 0 Å². The Morgan fingerprint density at radius 2 is 1.79 bits per heavy atom. The van der Waals surface area contributed by atoms with Crippen molar-refractivity contribution < 1.29 is 18.0 Å². The molecule has 0 saturated carbocycles. The van der Waals surface area contributed by atoms with E-state index >= 15 is 0 Å². The lowest BCUT2D eigenvalue weighted by atomic mass is 10.1. The molecule has 2 rings (SSSR count). The van der Waals surface area contributed by atoms with Crippen molar-refractivity contribution in [1.29, 1.82) is 0 Å². The standard InChI is InChI=1S/C18H19F3N2O/c1-13-6-8-16(9-7-13)22-17(24)12-23(2)11-14-4-3-5-15(10-14)18(19,20)21/h3-10H,11-12H2,1-2H3,(H,22,24). The molecule has 0 fully saturated rings. The maximum absolute atomic E-state index is 12.7. The van der Waals surface area contributed by atoms with E-state index in [1.54, 1.807) is 30.1 Å². The first kappa shape index (κ1) is 18.0. The Labute approximate surface area is 139 Å². The molecule has 3 nitrogen and oxygen atoms in total. The fraction of sp³-hybridized carbons (Fsp3) is 0.278. The van der Waals surface area contributed by atoms with Gasteiger partial charge in [0.1, 0.15) is 0 Å². The fourth-order valence-electron chi connectivity index (χ4n) is 2.30. The Morgan fingerprint density at radius 3 is 2.42 bits per heavy atom. The summed E-state index contributed by atoms with van der Waals surface area (Å²) < 4.78 is 38.1. The Hall–Kier alpha value is -2.34. The predicted molar refractivity (Wildman–Crippen MR) is 87.6 cm³/mol. The van der Waals surface area contributed by atoms with Crippen molar-refractivity contribution in [3.8, 4) is 0 Å². The second kappa shape index (κ2) is 7.49. The van der Waals surface area contributed by atoms with Crippen molar-refractivity contribution in [3.63, 3.8) is 0 Å². The molecule has 1 amide bonds. The van der Waals surface area contributed by atoms with E-state index in [0.717, 1.165) is 17.7 Å². The van der Waals surface area contributed by atoms with E-state index in [1.165, 1.54) is 6.07 Å². The molecule has 0 aliphatic heterocycles. The number of alkyl halides is 3. The summed E-state index contributed by atoms with van der Waals surface area (Å²) in [5.74, 6) is -0.215. The second-order valence-corrected chi connectivity index (χ2v) is 5.78. The number of rotatable bonds is 5. The smallest absolute Gasteiger partial charge is 0.325 e. The minimum atomic E-state index is -4.36. The molecule has 1 N–H and O–H groups in total. The van der Waals surface area contributed by atoms with Crippen LogP contribution in [0.1, 0.15) is 16.7 Å². The maximum Gasteiger partial charge on any atom is 0.416 e. The maximum atomic E-state index is 12.7. The number of amides is 1. The molecule has 2 aromatic rings. The van der Waals surface area contributed by atoms with Gasteiger partial charge < -0.3 is 5.32 Å². The van der Waals surface area contributed by atoms with Crippen LogP contribution in [0.25, 0.3) is 0 Å². The molecule has 0 spiro atoms. The average molecular weight is 336 g/mol. The first-order chi connectivity index (χ1) is 11.2. The van der Waals surface area contributed by atoms with E-state index < -0.39 is 11.7 Å². The molecule has 0 unspecified atom stereocenters. The van der Waals surface area contributed by atoms with Crippen LogP contribution < -0.4 is 5.32 Å². The largest absolute Gasteiger partial charge is 0.416 e. The van der Waals surface area contributed by atoms with E-state index in [9.17, 15) is 18.0 Å². The molecule has 2 aromatic carbocycles. The summed E-state index contributed by atoms with van der Waals surface area (Å²) in [5.41, 5.74) is 1.61. The minimum absolute atomic E-state index is 0.0874. The zero-order valence-electron chi connectivity index (χ0n) is 13.5. The number of nitrogens with zero attached hydrogens (tertiary/aromatic N) is 1. The molecular weight excluding hydrogens is 317 g/mol. The number of nitrogens with one attached hydrogen (secondary N) is 1. The van der Waals surface area contributed by atoms with Gasteiger partial charge in [-0.3, -0.25) is 9.69 Å². The van der Waals surface area contributed by atoms with Gasteiger partial charge in [0, 0.05) is 12.2 Å². The van der Waals surface area contributed by atoms with E-state index in [2.05, 4.69) is 5.32 Å². The number of benzene rings is 2. The van der Waals surface area contributed by atoms with Gasteiger partial charge in [-0.2, -0.15) is 13.2 Å². The van der Waals surface area contributed by atoms with Crippen LogP contribution in [-0.4, -0.2) is 24.4 Å². The number of carbonyl (C=O) groups excluding carboxylic acids is 1. The number of hydrogen-bond acceptors (Lipinski definition) is 2. The summed E-state index contributed by atoms with van der Waals surface area (Å²) in [6.45, 7) is 2.30. The zero-order chi connectivity index (χ0) is 17.7. The van der Waals surface area contributed by atoms with Crippen LogP contribution >= 0.6 is 0 Å². The lowest BCUT2D eigenvalue weighted by Gasteiger charge is -2.17. The van der Waals surface area contributed by atoms with Crippen molar-refractivity contribution >= 4 is 11.6 Å². The van der Waals surface area contributed by atoms with Crippen molar-refractivity contribution in [2.75, 3.05) is 18.9 Å². The van der Waals surface area contributed by atoms with Crippen molar-refractivity contribution in [1.82, 2.24) is 4.90 Å². The van der Waals surface area contributed by atoms with Gasteiger partial charge in [0.05, 0.1) is 12.1 Å². The Balaban J connectivity index is 1.92. The van der Waals surface area contributed by atoms with Crippen LogP contribution in [-0.2, 0) is 17.5 Å². The highest BCUT2D eigenvalue weighted by Gasteiger charge is 2.30. The topological polar surface area (TPSA) is 32.3 Å². The Morgan fingerprint density at radius 1 is 1.12 bits per heavy atom. The highest BCUT2D eigenvalue weighted by Crippen LogP contribution is 2.29. The van der Waals surface area contributed by atoms with E-state index in [-0.39, 0.29) is 19.0 Å². The van der Waals surface area contributed by atoms with Crippen molar-refractivity contribution in [2.45, 2.75) is 19.6 Å². The number of halogens is 3. The lowest BCUT2D eigenvalue weighted by molar-refractivity contribution is -0.137. The van der Waals surface area contributed by atoms with Crippen LogP contribution in [0.5, 0.6) is 0 Å². The third-order valence-electron chi connectivity index (χ3n) is 3.46. The van der Waals surface area contributed by atoms with Crippen LogP contribution in [0, 0.1) is 6.92 Å². The van der Waals surface area contributed by atoms with Gasteiger partial charge in [0.25, 0.3) is 0 Å². The molecule has 0 atom stereocenters. The second-order valence-electron chi connectivity index (χ2n) is 5.78. The summed E-state index contributed by atoms with van der Waals surface area (Å²) in [6, 6.07) is 12.5. The molecule has 0 saturated heterocycles.